The van der Waals surface area contributed by atoms with Crippen LogP contribution >= 0.6 is 0 Å². The number of nitrogens with one attached hydrogen (secondary N) is 1. The summed E-state index contributed by atoms with van der Waals surface area (Å²) in [5.74, 6) is 0. The van der Waals surface area contributed by atoms with Crippen molar-refractivity contribution >= 4 is 11.4 Å². The van der Waals surface area contributed by atoms with Crippen molar-refractivity contribution in [2.45, 2.75) is 26.3 Å². The molecule has 1 N–H and O–H groups in total. The third kappa shape index (κ3) is 2.76. The molecule has 1 aliphatic heterocycles. The highest BCUT2D eigenvalue weighted by atomic mass is 15.4. The first kappa shape index (κ1) is 13.0. The lowest BCUT2D eigenvalue weighted by Gasteiger charge is -2.19. The second kappa shape index (κ2) is 5.53. The molecule has 0 amide bonds. The number of aromatic nitrogens is 3. The third-order valence-corrected chi connectivity index (χ3v) is 3.79. The average Bonchev–Trinajstić information content (AvgIpc) is 3.08. The molecule has 0 unspecified atom stereocenters. The van der Waals surface area contributed by atoms with Crippen molar-refractivity contribution in [2.24, 2.45) is 7.05 Å². The normalized spacial score (nSPS) is 14.8. The van der Waals surface area contributed by atoms with Gasteiger partial charge in [0.1, 0.15) is 5.69 Å². The molecule has 1 aromatic carbocycles. The zero-order valence-corrected chi connectivity index (χ0v) is 12.1. The molecule has 0 saturated carbocycles. The van der Waals surface area contributed by atoms with Crippen LogP contribution < -0.4 is 10.2 Å². The van der Waals surface area contributed by atoms with E-state index in [0.717, 1.165) is 5.69 Å². The van der Waals surface area contributed by atoms with Crippen LogP contribution in [0.5, 0.6) is 0 Å². The maximum Gasteiger partial charge on any atom is 0.102 e. The number of hydrogen-bond acceptors (Lipinski definition) is 4. The first-order valence-corrected chi connectivity index (χ1v) is 7.17. The van der Waals surface area contributed by atoms with Crippen molar-refractivity contribution in [1.82, 2.24) is 15.0 Å². The Kier molecular flexibility index (Phi) is 3.58. The SMILES string of the molecule is Cc1cc(N2CCCC2)ccc1NCc1cn(C)nn1. The lowest BCUT2D eigenvalue weighted by atomic mass is 10.1. The van der Waals surface area contributed by atoms with E-state index in [1.165, 1.54) is 42.9 Å². The van der Waals surface area contributed by atoms with Gasteiger partial charge in [0, 0.05) is 37.7 Å². The molecule has 5 heteroatoms. The molecule has 1 aromatic heterocycles. The van der Waals surface area contributed by atoms with E-state index in [1.54, 1.807) is 4.68 Å². The second-order valence-electron chi connectivity index (χ2n) is 5.43. The molecule has 3 rings (SSSR count). The summed E-state index contributed by atoms with van der Waals surface area (Å²) in [5, 5.41) is 11.4. The molecule has 0 atom stereocenters. The van der Waals surface area contributed by atoms with Gasteiger partial charge in [-0.3, -0.25) is 4.68 Å². The molecule has 0 bridgehead atoms. The van der Waals surface area contributed by atoms with Crippen LogP contribution in [0.2, 0.25) is 0 Å². The van der Waals surface area contributed by atoms with Gasteiger partial charge in [-0.1, -0.05) is 5.21 Å². The van der Waals surface area contributed by atoms with Crippen molar-refractivity contribution in [3.8, 4) is 0 Å². The van der Waals surface area contributed by atoms with Gasteiger partial charge in [-0.25, -0.2) is 0 Å². The first-order chi connectivity index (χ1) is 9.72. The van der Waals surface area contributed by atoms with Gasteiger partial charge in [0.2, 0.25) is 0 Å². The number of hydrogen-bond donors (Lipinski definition) is 1. The maximum atomic E-state index is 4.08. The lowest BCUT2D eigenvalue weighted by molar-refractivity contribution is 0.713. The summed E-state index contributed by atoms with van der Waals surface area (Å²) in [4.78, 5) is 2.46. The maximum absolute atomic E-state index is 4.08. The van der Waals surface area contributed by atoms with Gasteiger partial charge in [0.05, 0.1) is 6.54 Å². The van der Waals surface area contributed by atoms with E-state index in [9.17, 15) is 0 Å². The standard InChI is InChI=1S/C15H21N5/c1-12-9-14(20-7-3-4-8-20)5-6-15(12)16-10-13-11-19(2)18-17-13/h5-6,9,11,16H,3-4,7-8,10H2,1-2H3. The molecule has 5 nitrogen and oxygen atoms in total. The minimum absolute atomic E-state index is 0.706. The summed E-state index contributed by atoms with van der Waals surface area (Å²) >= 11 is 0. The van der Waals surface area contributed by atoms with E-state index < -0.39 is 0 Å². The smallest absolute Gasteiger partial charge is 0.102 e. The van der Waals surface area contributed by atoms with Gasteiger partial charge in [0.25, 0.3) is 0 Å². The summed E-state index contributed by atoms with van der Waals surface area (Å²) in [6.07, 6.45) is 4.55. The quantitative estimate of drug-likeness (QED) is 0.927. The molecule has 2 heterocycles. The lowest BCUT2D eigenvalue weighted by Crippen LogP contribution is -2.17. The van der Waals surface area contributed by atoms with Crippen LogP contribution in [0.25, 0.3) is 0 Å². The Morgan fingerprint density at radius 3 is 2.70 bits per heavy atom. The summed E-state index contributed by atoms with van der Waals surface area (Å²) in [6.45, 7) is 5.23. The number of anilines is 2. The van der Waals surface area contributed by atoms with Gasteiger partial charge >= 0.3 is 0 Å². The molecular formula is C15H21N5. The molecule has 0 spiro atoms. The van der Waals surface area contributed by atoms with Crippen LogP contribution in [0, 0.1) is 6.92 Å². The fraction of sp³-hybridized carbons (Fsp3) is 0.467. The molecule has 1 saturated heterocycles. The molecule has 2 aromatic rings. The van der Waals surface area contributed by atoms with E-state index in [4.69, 9.17) is 0 Å². The number of benzene rings is 1. The number of nitrogens with zero attached hydrogens (tertiary/aromatic N) is 4. The Hall–Kier alpha value is -2.04. The summed E-state index contributed by atoms with van der Waals surface area (Å²) in [5.41, 5.74) is 4.73. The molecule has 1 fully saturated rings. The molecule has 20 heavy (non-hydrogen) atoms. The third-order valence-electron chi connectivity index (χ3n) is 3.79. The van der Waals surface area contributed by atoms with E-state index in [2.05, 4.69) is 45.7 Å². The summed E-state index contributed by atoms with van der Waals surface area (Å²) in [7, 11) is 1.88. The Balaban J connectivity index is 1.67. The Bertz CT molecular complexity index is 584. The summed E-state index contributed by atoms with van der Waals surface area (Å²) in [6, 6.07) is 6.64. The fourth-order valence-electron chi connectivity index (χ4n) is 2.68. The predicted molar refractivity (Wildman–Crippen MR) is 81.0 cm³/mol. The van der Waals surface area contributed by atoms with Crippen molar-refractivity contribution in [1.29, 1.82) is 0 Å². The zero-order chi connectivity index (χ0) is 13.9. The van der Waals surface area contributed by atoms with E-state index in [-0.39, 0.29) is 0 Å². The first-order valence-electron chi connectivity index (χ1n) is 7.17. The fourth-order valence-corrected chi connectivity index (χ4v) is 2.68. The largest absolute Gasteiger partial charge is 0.379 e. The van der Waals surface area contributed by atoms with Crippen molar-refractivity contribution in [3.05, 3.63) is 35.7 Å². The highest BCUT2D eigenvalue weighted by molar-refractivity contribution is 5.60. The van der Waals surface area contributed by atoms with Gasteiger partial charge in [-0.05, 0) is 43.5 Å². The van der Waals surface area contributed by atoms with E-state index >= 15 is 0 Å². The number of rotatable bonds is 4. The van der Waals surface area contributed by atoms with Crippen LogP contribution in [0.4, 0.5) is 11.4 Å². The summed E-state index contributed by atoms with van der Waals surface area (Å²) < 4.78 is 1.72. The highest BCUT2D eigenvalue weighted by Gasteiger charge is 2.13. The zero-order valence-electron chi connectivity index (χ0n) is 12.1. The molecular weight excluding hydrogens is 250 g/mol. The minimum Gasteiger partial charge on any atom is -0.379 e. The van der Waals surface area contributed by atoms with Crippen LogP contribution in [0.15, 0.2) is 24.4 Å². The number of aryl methyl sites for hydroxylation is 2. The second-order valence-corrected chi connectivity index (χ2v) is 5.43. The Morgan fingerprint density at radius 1 is 1.25 bits per heavy atom. The Labute approximate surface area is 119 Å². The highest BCUT2D eigenvalue weighted by Crippen LogP contribution is 2.25. The molecule has 1 aliphatic rings. The van der Waals surface area contributed by atoms with Crippen molar-refractivity contribution in [3.63, 3.8) is 0 Å². The van der Waals surface area contributed by atoms with Gasteiger partial charge in [-0.15, -0.1) is 5.10 Å². The van der Waals surface area contributed by atoms with Crippen molar-refractivity contribution in [2.75, 3.05) is 23.3 Å². The van der Waals surface area contributed by atoms with Crippen LogP contribution in [0.3, 0.4) is 0 Å². The molecule has 0 aliphatic carbocycles. The molecule has 106 valence electrons. The van der Waals surface area contributed by atoms with Crippen LogP contribution in [-0.4, -0.2) is 28.1 Å². The van der Waals surface area contributed by atoms with E-state index in [0.29, 0.717) is 6.54 Å². The topological polar surface area (TPSA) is 46.0 Å². The molecule has 0 radical (unpaired) electrons. The predicted octanol–water partition coefficient (Wildman–Crippen LogP) is 2.34. The minimum atomic E-state index is 0.706. The van der Waals surface area contributed by atoms with Gasteiger partial charge in [0.15, 0.2) is 0 Å². The van der Waals surface area contributed by atoms with Gasteiger partial charge < -0.3 is 10.2 Å². The van der Waals surface area contributed by atoms with Crippen LogP contribution in [-0.2, 0) is 13.6 Å². The van der Waals surface area contributed by atoms with Crippen molar-refractivity contribution < 1.29 is 0 Å². The Morgan fingerprint density at radius 2 is 2.05 bits per heavy atom. The van der Waals surface area contributed by atoms with Crippen LogP contribution in [0.1, 0.15) is 24.1 Å². The average molecular weight is 271 g/mol. The monoisotopic (exact) mass is 271 g/mol. The van der Waals surface area contributed by atoms with E-state index in [1.807, 2.05) is 13.2 Å². The van der Waals surface area contributed by atoms with Gasteiger partial charge in [-0.2, -0.15) is 0 Å².